The number of carbonyl (C=O) groups is 2. The van der Waals surface area contributed by atoms with Crippen LogP contribution in [0.5, 0.6) is 0 Å². The van der Waals surface area contributed by atoms with E-state index >= 15 is 0 Å². The van der Waals surface area contributed by atoms with Gasteiger partial charge >= 0.3 is 0 Å². The van der Waals surface area contributed by atoms with E-state index in [9.17, 15) is 9.59 Å². The summed E-state index contributed by atoms with van der Waals surface area (Å²) in [7, 11) is 0. The van der Waals surface area contributed by atoms with E-state index in [0.29, 0.717) is 19.3 Å². The Bertz CT molecular complexity index is 185. The smallest absolute Gasteiger partial charge is 0.161 e. The lowest BCUT2D eigenvalue weighted by Gasteiger charge is -2.28. The zero-order valence-corrected chi connectivity index (χ0v) is 6.30. The third kappa shape index (κ3) is 1.19. The van der Waals surface area contributed by atoms with Crippen LogP contribution in [0.4, 0.5) is 0 Å². The number of hydrogen-bond donors (Lipinski definition) is 2. The molecule has 4 heteroatoms. The molecule has 1 aliphatic rings. The average Bonchev–Trinajstić information content (AvgIpc) is 2.00. The van der Waals surface area contributed by atoms with Gasteiger partial charge < -0.3 is 11.5 Å². The van der Waals surface area contributed by atoms with Gasteiger partial charge in [-0.1, -0.05) is 0 Å². The van der Waals surface area contributed by atoms with Crippen molar-refractivity contribution in [2.75, 3.05) is 6.54 Å². The fourth-order valence-corrected chi connectivity index (χ4v) is 1.24. The zero-order valence-electron chi connectivity index (χ0n) is 6.30. The Morgan fingerprint density at radius 1 is 1.27 bits per heavy atom. The molecule has 1 rings (SSSR count). The molecule has 62 valence electrons. The molecule has 4 nitrogen and oxygen atoms in total. The van der Waals surface area contributed by atoms with Crippen LogP contribution in [-0.2, 0) is 9.59 Å². The van der Waals surface area contributed by atoms with Crippen molar-refractivity contribution in [3.63, 3.8) is 0 Å². The van der Waals surface area contributed by atoms with Crippen LogP contribution < -0.4 is 11.5 Å². The Hall–Kier alpha value is -0.740. The molecule has 0 spiro atoms. The minimum atomic E-state index is -1.36. The summed E-state index contributed by atoms with van der Waals surface area (Å²) in [5.74, 6) is -0.424. The summed E-state index contributed by atoms with van der Waals surface area (Å²) < 4.78 is 0. The first kappa shape index (κ1) is 8.36. The molecule has 0 atom stereocenters. The van der Waals surface area contributed by atoms with E-state index in [-0.39, 0.29) is 18.1 Å². The Balaban J connectivity index is 2.86. The fraction of sp³-hybridized carbons (Fsp3) is 0.714. The maximum atomic E-state index is 11.1. The van der Waals surface area contributed by atoms with Crippen LogP contribution in [0.3, 0.4) is 0 Å². The maximum absolute atomic E-state index is 11.1. The van der Waals surface area contributed by atoms with Gasteiger partial charge in [0.15, 0.2) is 11.6 Å². The van der Waals surface area contributed by atoms with Crippen LogP contribution in [0.15, 0.2) is 0 Å². The van der Waals surface area contributed by atoms with E-state index in [4.69, 9.17) is 11.5 Å². The summed E-state index contributed by atoms with van der Waals surface area (Å²) in [5, 5.41) is 0. The van der Waals surface area contributed by atoms with Gasteiger partial charge in [-0.05, 0) is 6.42 Å². The summed E-state index contributed by atoms with van der Waals surface area (Å²) in [6.07, 6.45) is 1.40. The van der Waals surface area contributed by atoms with Crippen LogP contribution in [0.2, 0.25) is 0 Å². The molecule has 0 amide bonds. The second-order valence-electron chi connectivity index (χ2n) is 2.88. The molecule has 1 saturated carbocycles. The lowest BCUT2D eigenvalue weighted by molar-refractivity contribution is -0.136. The monoisotopic (exact) mass is 156 g/mol. The van der Waals surface area contributed by atoms with E-state index < -0.39 is 5.54 Å². The van der Waals surface area contributed by atoms with Crippen molar-refractivity contribution in [3.05, 3.63) is 0 Å². The molecule has 0 aromatic rings. The summed E-state index contributed by atoms with van der Waals surface area (Å²) >= 11 is 0. The van der Waals surface area contributed by atoms with Crippen molar-refractivity contribution in [1.82, 2.24) is 0 Å². The van der Waals surface area contributed by atoms with Gasteiger partial charge in [-0.25, -0.2) is 0 Å². The van der Waals surface area contributed by atoms with E-state index in [1.165, 1.54) is 0 Å². The number of Topliss-reactive ketones (excluding diaryl/α,β-unsaturated/α-hetero) is 2. The van der Waals surface area contributed by atoms with Crippen molar-refractivity contribution in [3.8, 4) is 0 Å². The Morgan fingerprint density at radius 3 is 2.00 bits per heavy atom. The van der Waals surface area contributed by atoms with Gasteiger partial charge in [0.25, 0.3) is 0 Å². The topological polar surface area (TPSA) is 86.2 Å². The van der Waals surface area contributed by atoms with E-state index in [0.717, 1.165) is 0 Å². The number of hydrogen-bond acceptors (Lipinski definition) is 4. The lowest BCUT2D eigenvalue weighted by atomic mass is 9.80. The van der Waals surface area contributed by atoms with Gasteiger partial charge in [-0.2, -0.15) is 0 Å². The van der Waals surface area contributed by atoms with Crippen LogP contribution >= 0.6 is 0 Å². The summed E-state index contributed by atoms with van der Waals surface area (Å²) in [4.78, 5) is 22.3. The first-order valence-corrected chi connectivity index (χ1v) is 3.67. The minimum Gasteiger partial charge on any atom is -0.328 e. The SMILES string of the molecule is NCC1(N)C(=O)CCCC1=O. The molecule has 1 aliphatic carbocycles. The summed E-state index contributed by atoms with van der Waals surface area (Å²) in [6.45, 7) is -0.0648. The number of rotatable bonds is 1. The highest BCUT2D eigenvalue weighted by Gasteiger charge is 2.41. The predicted molar refractivity (Wildman–Crippen MR) is 39.8 cm³/mol. The highest BCUT2D eigenvalue weighted by molar-refractivity contribution is 6.13. The molecule has 1 fully saturated rings. The van der Waals surface area contributed by atoms with Gasteiger partial charge in [0.2, 0.25) is 0 Å². The lowest BCUT2D eigenvalue weighted by Crippen LogP contribution is -2.61. The molecule has 0 heterocycles. The van der Waals surface area contributed by atoms with Gasteiger partial charge in [0.05, 0.1) is 0 Å². The molecule has 0 aromatic heterocycles. The highest BCUT2D eigenvalue weighted by Crippen LogP contribution is 2.18. The quantitative estimate of drug-likeness (QED) is 0.475. The molecule has 0 aromatic carbocycles. The first-order valence-electron chi connectivity index (χ1n) is 3.67. The van der Waals surface area contributed by atoms with E-state index in [1.807, 2.05) is 0 Å². The largest absolute Gasteiger partial charge is 0.328 e. The molecule has 4 N–H and O–H groups in total. The van der Waals surface area contributed by atoms with Gasteiger partial charge in [0, 0.05) is 19.4 Å². The minimum absolute atomic E-state index is 0.0648. The molecule has 0 saturated heterocycles. The fourth-order valence-electron chi connectivity index (χ4n) is 1.24. The molecular formula is C7H12N2O2. The number of nitrogens with two attached hydrogens (primary N) is 2. The van der Waals surface area contributed by atoms with Gasteiger partial charge in [-0.15, -0.1) is 0 Å². The summed E-state index contributed by atoms with van der Waals surface area (Å²) in [5.41, 5.74) is 9.41. The Labute approximate surface area is 64.9 Å². The molecular weight excluding hydrogens is 144 g/mol. The second kappa shape index (κ2) is 2.71. The summed E-state index contributed by atoms with van der Waals surface area (Å²) in [6, 6.07) is 0. The van der Waals surface area contributed by atoms with Crippen LogP contribution in [-0.4, -0.2) is 23.7 Å². The Morgan fingerprint density at radius 2 is 1.73 bits per heavy atom. The van der Waals surface area contributed by atoms with Crippen LogP contribution in [0.1, 0.15) is 19.3 Å². The standard InChI is InChI=1S/C7H12N2O2/c8-4-7(9)5(10)2-1-3-6(7)11/h1-4,8-9H2. The van der Waals surface area contributed by atoms with Crippen molar-refractivity contribution >= 4 is 11.6 Å². The average molecular weight is 156 g/mol. The third-order valence-electron chi connectivity index (χ3n) is 2.12. The Kier molecular flexibility index (Phi) is 2.06. The van der Waals surface area contributed by atoms with Crippen LogP contribution in [0.25, 0.3) is 0 Å². The van der Waals surface area contributed by atoms with Crippen molar-refractivity contribution in [2.45, 2.75) is 24.8 Å². The normalized spacial score (nSPS) is 23.8. The van der Waals surface area contributed by atoms with Crippen LogP contribution in [0, 0.1) is 0 Å². The molecule has 0 unspecified atom stereocenters. The molecule has 11 heavy (non-hydrogen) atoms. The third-order valence-corrected chi connectivity index (χ3v) is 2.12. The number of ketones is 2. The zero-order chi connectivity index (χ0) is 8.48. The molecule has 0 bridgehead atoms. The van der Waals surface area contributed by atoms with Crippen molar-refractivity contribution in [2.24, 2.45) is 11.5 Å². The van der Waals surface area contributed by atoms with Crippen molar-refractivity contribution in [1.29, 1.82) is 0 Å². The van der Waals surface area contributed by atoms with Gasteiger partial charge in [-0.3, -0.25) is 9.59 Å². The van der Waals surface area contributed by atoms with E-state index in [2.05, 4.69) is 0 Å². The van der Waals surface area contributed by atoms with E-state index in [1.54, 1.807) is 0 Å². The van der Waals surface area contributed by atoms with Gasteiger partial charge in [0.1, 0.15) is 5.54 Å². The molecule has 0 aliphatic heterocycles. The maximum Gasteiger partial charge on any atom is 0.161 e. The first-order chi connectivity index (χ1) is 5.11. The molecule has 0 radical (unpaired) electrons. The number of carbonyl (C=O) groups excluding carboxylic acids is 2. The van der Waals surface area contributed by atoms with Crippen molar-refractivity contribution < 1.29 is 9.59 Å². The highest BCUT2D eigenvalue weighted by atomic mass is 16.2. The predicted octanol–water partition coefficient (Wildman–Crippen LogP) is -1.04. The second-order valence-corrected chi connectivity index (χ2v) is 2.88.